The van der Waals surface area contributed by atoms with Gasteiger partial charge in [0.2, 0.25) is 0 Å². The van der Waals surface area contributed by atoms with E-state index in [-0.39, 0.29) is 0 Å². The molecule has 0 saturated heterocycles. The van der Waals surface area contributed by atoms with Crippen molar-refractivity contribution in [1.82, 2.24) is 0 Å². The van der Waals surface area contributed by atoms with Crippen molar-refractivity contribution in [3.05, 3.63) is 18.4 Å². The molecule has 1 heterocycles. The highest BCUT2D eigenvalue weighted by atomic mass is 28.3. The van der Waals surface area contributed by atoms with Gasteiger partial charge in [0.1, 0.15) is 14.2 Å². The van der Waals surface area contributed by atoms with Crippen LogP contribution >= 0.6 is 0 Å². The van der Waals surface area contributed by atoms with Crippen molar-refractivity contribution in [2.75, 3.05) is 0 Å². The third-order valence-electron chi connectivity index (χ3n) is 3.07. The summed E-state index contributed by atoms with van der Waals surface area (Å²) in [5, 5.41) is 9.95. The van der Waals surface area contributed by atoms with Crippen molar-refractivity contribution in [2.24, 2.45) is 5.73 Å². The number of primary amides is 1. The summed E-state index contributed by atoms with van der Waals surface area (Å²) in [6.45, 7) is 6.88. The molecule has 16 heavy (non-hydrogen) atoms. The molecule has 1 amide bonds. The molecule has 0 aliphatic heterocycles. The molecule has 4 nitrogen and oxygen atoms in total. The van der Waals surface area contributed by atoms with E-state index < -0.39 is 14.2 Å². The van der Waals surface area contributed by atoms with Gasteiger partial charge in [-0.15, -0.1) is 0 Å². The minimum absolute atomic E-state index is 1.21. The maximum absolute atomic E-state index is 8.67. The number of amides is 1. The largest absolute Gasteiger partial charge is 0.530 e. The smallest absolute Gasteiger partial charge is 0.131 e. The molecule has 0 aliphatic rings. The first kappa shape index (κ1) is 14.8. The molecule has 92 valence electrons. The molecule has 0 saturated carbocycles. The van der Waals surface area contributed by atoms with Gasteiger partial charge in [0, 0.05) is 0 Å². The second-order valence-corrected chi connectivity index (χ2v) is 8.81. The van der Waals surface area contributed by atoms with E-state index in [1.807, 2.05) is 6.07 Å². The van der Waals surface area contributed by atoms with Gasteiger partial charge in [0.15, 0.2) is 0 Å². The molecule has 0 bridgehead atoms. The fraction of sp³-hybridized carbons (Fsp3) is 0.545. The zero-order chi connectivity index (χ0) is 12.6. The van der Waals surface area contributed by atoms with E-state index in [9.17, 15) is 0 Å². The van der Waals surface area contributed by atoms with Crippen molar-refractivity contribution < 1.29 is 14.3 Å². The lowest BCUT2D eigenvalue weighted by atomic mass is 10.7. The van der Waals surface area contributed by atoms with Crippen LogP contribution in [0.3, 0.4) is 0 Å². The lowest BCUT2D eigenvalue weighted by molar-refractivity contribution is -0.245. The van der Waals surface area contributed by atoms with Crippen LogP contribution in [-0.4, -0.2) is 14.2 Å². The fourth-order valence-corrected chi connectivity index (χ4v) is 5.17. The Balaban J connectivity index is 0.000000487. The van der Waals surface area contributed by atoms with Crippen LogP contribution in [0.1, 0.15) is 20.8 Å². The molecule has 1 aromatic heterocycles. The average Bonchev–Trinajstić information content (AvgIpc) is 2.74. The normalized spacial score (nSPS) is 10.4. The van der Waals surface area contributed by atoms with E-state index in [4.69, 9.17) is 14.3 Å². The predicted molar refractivity (Wildman–Crippen MR) is 65.1 cm³/mol. The molecule has 0 radical (unpaired) electrons. The highest BCUT2D eigenvalue weighted by Crippen LogP contribution is 2.19. The zero-order valence-corrected chi connectivity index (χ0v) is 11.2. The maximum atomic E-state index is 8.67. The average molecular weight is 242 g/mol. The van der Waals surface area contributed by atoms with E-state index in [1.54, 1.807) is 6.26 Å². The van der Waals surface area contributed by atoms with Crippen LogP contribution in [0.2, 0.25) is 18.1 Å². The number of carbonyl (C=O) groups excluding carboxylic acids is 1. The summed E-state index contributed by atoms with van der Waals surface area (Å²) in [4.78, 5) is 8.67. The number of furan rings is 1. The van der Waals surface area contributed by atoms with Crippen LogP contribution in [0.4, 0.5) is 4.79 Å². The van der Waals surface area contributed by atoms with Crippen LogP contribution in [0.25, 0.3) is 0 Å². The first-order valence-electron chi connectivity index (χ1n) is 5.52. The van der Waals surface area contributed by atoms with Crippen LogP contribution < -0.4 is 16.2 Å². The Morgan fingerprint density at radius 1 is 1.38 bits per heavy atom. The van der Waals surface area contributed by atoms with E-state index in [2.05, 4.69) is 32.6 Å². The molecular formula is C11H20NO3Si-. The number of carboxylic acid groups (broad SMARTS) is 1. The molecule has 0 unspecified atom stereocenters. The van der Waals surface area contributed by atoms with E-state index in [0.29, 0.717) is 0 Å². The fourth-order valence-electron chi connectivity index (χ4n) is 1.85. The molecule has 0 atom stereocenters. The summed E-state index contributed by atoms with van der Waals surface area (Å²) in [6.07, 6.45) is 0.220. The third-order valence-corrected chi connectivity index (χ3v) is 8.46. The number of rotatable bonds is 4. The van der Waals surface area contributed by atoms with Crippen LogP contribution in [0, 0.1) is 0 Å². The van der Waals surface area contributed by atoms with Crippen LogP contribution in [0.5, 0.6) is 0 Å². The lowest BCUT2D eigenvalue weighted by Gasteiger charge is -2.24. The standard InChI is InChI=1S/C10H18OSi.CH3NO2/c1-4-12(5-2,6-3)10-8-7-9-11-10;2-1(3)4/h7-9H,4-6H2,1-3H3;2H2,(H,3,4)/p-1. The molecule has 0 aliphatic carbocycles. The second-order valence-electron chi connectivity index (χ2n) is 3.64. The molecule has 2 N–H and O–H groups in total. The highest BCUT2D eigenvalue weighted by molar-refractivity contribution is 6.90. The molecule has 1 rings (SSSR count). The maximum Gasteiger partial charge on any atom is 0.131 e. The van der Waals surface area contributed by atoms with Crippen molar-refractivity contribution in [2.45, 2.75) is 38.9 Å². The number of hydrogen-bond acceptors (Lipinski definition) is 3. The topological polar surface area (TPSA) is 79.3 Å². The lowest BCUT2D eigenvalue weighted by Crippen LogP contribution is -2.44. The first-order valence-corrected chi connectivity index (χ1v) is 8.15. The predicted octanol–water partition coefficient (Wildman–Crippen LogP) is 1.28. The van der Waals surface area contributed by atoms with Crippen molar-refractivity contribution >= 4 is 19.6 Å². The number of hydrogen-bond donors (Lipinski definition) is 1. The van der Waals surface area contributed by atoms with Gasteiger partial charge in [-0.25, -0.2) is 0 Å². The van der Waals surface area contributed by atoms with Crippen molar-refractivity contribution in [3.8, 4) is 0 Å². The number of carbonyl (C=O) groups is 1. The van der Waals surface area contributed by atoms with Gasteiger partial charge in [-0.3, -0.25) is 0 Å². The van der Waals surface area contributed by atoms with Crippen LogP contribution in [0.15, 0.2) is 22.8 Å². The summed E-state index contributed by atoms with van der Waals surface area (Å²) in [6, 6.07) is 8.06. The third kappa shape index (κ3) is 4.10. The summed E-state index contributed by atoms with van der Waals surface area (Å²) in [5.74, 6) is 0. The monoisotopic (exact) mass is 242 g/mol. The summed E-state index contributed by atoms with van der Waals surface area (Å²) >= 11 is 0. The zero-order valence-electron chi connectivity index (χ0n) is 10.2. The Kier molecular flexibility index (Phi) is 6.56. The van der Waals surface area contributed by atoms with Gasteiger partial charge in [-0.05, 0) is 12.1 Å². The Hall–Kier alpha value is -1.23. The molecule has 0 fully saturated rings. The quantitative estimate of drug-likeness (QED) is 0.808. The Bertz CT molecular complexity index is 282. The van der Waals surface area contributed by atoms with E-state index >= 15 is 0 Å². The Morgan fingerprint density at radius 3 is 2.06 bits per heavy atom. The molecule has 5 heteroatoms. The van der Waals surface area contributed by atoms with Gasteiger partial charge in [0.05, 0.1) is 11.6 Å². The Labute approximate surface area is 97.5 Å². The van der Waals surface area contributed by atoms with Crippen molar-refractivity contribution in [3.63, 3.8) is 0 Å². The SMILES string of the molecule is CC[Si](CC)(CC)c1ccco1.NC(=O)[O-]. The minimum atomic E-state index is -1.58. The van der Waals surface area contributed by atoms with E-state index in [0.717, 1.165) is 0 Å². The first-order chi connectivity index (χ1) is 7.52. The van der Waals surface area contributed by atoms with Crippen molar-refractivity contribution in [1.29, 1.82) is 0 Å². The van der Waals surface area contributed by atoms with E-state index in [1.165, 1.54) is 23.5 Å². The highest BCUT2D eigenvalue weighted by Gasteiger charge is 2.31. The molecule has 0 aromatic carbocycles. The van der Waals surface area contributed by atoms with Gasteiger partial charge >= 0.3 is 0 Å². The minimum Gasteiger partial charge on any atom is -0.530 e. The summed E-state index contributed by atoms with van der Waals surface area (Å²) < 4.78 is 5.53. The summed E-state index contributed by atoms with van der Waals surface area (Å²) in [5.41, 5.74) is 3.92. The van der Waals surface area contributed by atoms with Gasteiger partial charge < -0.3 is 20.1 Å². The number of nitrogens with two attached hydrogens (primary N) is 1. The van der Waals surface area contributed by atoms with Crippen LogP contribution in [-0.2, 0) is 0 Å². The molecule has 0 spiro atoms. The van der Waals surface area contributed by atoms with Gasteiger partial charge in [-0.2, -0.15) is 0 Å². The summed E-state index contributed by atoms with van der Waals surface area (Å²) in [7, 11) is -1.21. The Morgan fingerprint density at radius 2 is 1.81 bits per heavy atom. The van der Waals surface area contributed by atoms with Gasteiger partial charge in [0.25, 0.3) is 0 Å². The van der Waals surface area contributed by atoms with Gasteiger partial charge in [-0.1, -0.05) is 38.9 Å². The second kappa shape index (κ2) is 7.11. The molecular weight excluding hydrogens is 222 g/mol. The molecule has 1 aromatic rings.